The average molecular weight is 542 g/mol. The standard InChI is InChI=1S/C33H36FN3O3/c1-21-15-24(12-13-28(21)34)22-7-4-9-25(16-22)31(38)36-14-6-10-26(19-36)23-8-5-11-27(17-23)40-33(2,3)32(39)37-20-29-30(37)18-35-29/h4-5,7-9,11-13,15-17,26,29-30,35H,6,10,14,18-20H2,1-3H3/t26?,29?,30-/m1/s1. The van der Waals surface area contributed by atoms with Crippen LogP contribution >= 0.6 is 0 Å². The number of piperazine rings is 1. The molecular weight excluding hydrogens is 505 g/mol. The molecule has 3 fully saturated rings. The highest BCUT2D eigenvalue weighted by molar-refractivity contribution is 5.95. The number of carbonyl (C=O) groups excluding carboxylic acids is 2. The van der Waals surface area contributed by atoms with Crippen LogP contribution in [0.25, 0.3) is 11.1 Å². The van der Waals surface area contributed by atoms with Crippen molar-refractivity contribution in [3.05, 3.63) is 89.2 Å². The Hall–Kier alpha value is -3.71. The first-order valence-electron chi connectivity index (χ1n) is 14.2. The third-order valence-electron chi connectivity index (χ3n) is 8.64. The number of piperidine rings is 1. The lowest BCUT2D eigenvalue weighted by Crippen LogP contribution is -2.80. The fraction of sp³-hybridized carbons (Fsp3) is 0.394. The van der Waals surface area contributed by atoms with Crippen molar-refractivity contribution in [1.82, 2.24) is 15.1 Å². The van der Waals surface area contributed by atoms with Gasteiger partial charge in [-0.3, -0.25) is 9.59 Å². The summed E-state index contributed by atoms with van der Waals surface area (Å²) in [6, 6.07) is 21.3. The Morgan fingerprint density at radius 3 is 2.52 bits per heavy atom. The van der Waals surface area contributed by atoms with Crippen LogP contribution in [-0.4, -0.2) is 65.5 Å². The Balaban J connectivity index is 1.14. The number of likely N-dealkylation sites (tertiary alicyclic amines) is 2. The number of nitrogens with one attached hydrogen (secondary N) is 1. The second kappa shape index (κ2) is 10.4. The summed E-state index contributed by atoms with van der Waals surface area (Å²) in [6.45, 7) is 8.35. The summed E-state index contributed by atoms with van der Waals surface area (Å²) in [4.78, 5) is 30.5. The molecule has 6 nitrogen and oxygen atoms in total. The lowest BCUT2D eigenvalue weighted by molar-refractivity contribution is -0.161. The van der Waals surface area contributed by atoms with Gasteiger partial charge in [0.2, 0.25) is 0 Å². The number of rotatable bonds is 6. The number of nitrogens with zero attached hydrogens (tertiary/aromatic N) is 2. The smallest absolute Gasteiger partial charge is 0.266 e. The van der Waals surface area contributed by atoms with Gasteiger partial charge in [-0.1, -0.05) is 30.3 Å². The Kier molecular flexibility index (Phi) is 6.87. The molecule has 3 aliphatic rings. The summed E-state index contributed by atoms with van der Waals surface area (Å²) in [7, 11) is 0. The van der Waals surface area contributed by atoms with Crippen molar-refractivity contribution in [3.8, 4) is 16.9 Å². The monoisotopic (exact) mass is 541 g/mol. The Morgan fingerprint density at radius 2 is 1.80 bits per heavy atom. The normalized spacial score (nSPS) is 22.1. The first kappa shape index (κ1) is 26.5. The van der Waals surface area contributed by atoms with Gasteiger partial charge in [0.1, 0.15) is 11.6 Å². The van der Waals surface area contributed by atoms with Crippen molar-refractivity contribution >= 4 is 11.8 Å². The Morgan fingerprint density at radius 1 is 1.00 bits per heavy atom. The van der Waals surface area contributed by atoms with Gasteiger partial charge in [-0.25, -0.2) is 4.39 Å². The highest BCUT2D eigenvalue weighted by Gasteiger charge is 2.51. The summed E-state index contributed by atoms with van der Waals surface area (Å²) < 4.78 is 20.0. The van der Waals surface area contributed by atoms with E-state index in [2.05, 4.69) is 11.4 Å². The van der Waals surface area contributed by atoms with E-state index >= 15 is 0 Å². The zero-order valence-corrected chi connectivity index (χ0v) is 23.3. The number of aryl methyl sites for hydroxylation is 1. The molecule has 3 saturated heterocycles. The molecule has 208 valence electrons. The largest absolute Gasteiger partial charge is 0.478 e. The third-order valence-corrected chi connectivity index (χ3v) is 8.64. The lowest BCUT2D eigenvalue weighted by atomic mass is 9.86. The number of halogens is 1. The van der Waals surface area contributed by atoms with E-state index in [0.717, 1.165) is 42.6 Å². The van der Waals surface area contributed by atoms with Crippen molar-refractivity contribution in [1.29, 1.82) is 0 Å². The van der Waals surface area contributed by atoms with Crippen molar-refractivity contribution in [3.63, 3.8) is 0 Å². The number of ether oxygens (including phenoxy) is 1. The first-order valence-corrected chi connectivity index (χ1v) is 14.2. The maximum Gasteiger partial charge on any atom is 0.266 e. The fourth-order valence-corrected chi connectivity index (χ4v) is 6.13. The minimum Gasteiger partial charge on any atom is -0.478 e. The highest BCUT2D eigenvalue weighted by Crippen LogP contribution is 2.33. The Labute approximate surface area is 235 Å². The molecule has 0 aliphatic carbocycles. The van der Waals surface area contributed by atoms with E-state index in [1.807, 2.05) is 72.2 Å². The van der Waals surface area contributed by atoms with Gasteiger partial charge in [-0.2, -0.15) is 0 Å². The van der Waals surface area contributed by atoms with E-state index in [1.165, 1.54) is 6.07 Å². The predicted octanol–water partition coefficient (Wildman–Crippen LogP) is 5.16. The maximum absolute atomic E-state index is 13.8. The van der Waals surface area contributed by atoms with Gasteiger partial charge >= 0.3 is 0 Å². The molecule has 0 bridgehead atoms. The molecule has 0 aromatic heterocycles. The lowest BCUT2D eigenvalue weighted by Gasteiger charge is -2.57. The van der Waals surface area contributed by atoms with Crippen molar-refractivity contribution in [2.45, 2.75) is 57.2 Å². The molecule has 0 radical (unpaired) electrons. The number of amides is 2. The molecular formula is C33H36FN3O3. The van der Waals surface area contributed by atoms with Gasteiger partial charge in [-0.05, 0) is 92.3 Å². The first-order chi connectivity index (χ1) is 19.2. The molecule has 3 atom stereocenters. The van der Waals surface area contributed by atoms with Crippen molar-refractivity contribution in [2.75, 3.05) is 26.2 Å². The fourth-order valence-electron chi connectivity index (χ4n) is 6.13. The van der Waals surface area contributed by atoms with Crippen LogP contribution < -0.4 is 10.1 Å². The number of carbonyl (C=O) groups is 2. The molecule has 2 unspecified atom stereocenters. The van der Waals surface area contributed by atoms with Crippen LogP contribution in [0.2, 0.25) is 0 Å². The molecule has 3 aliphatic heterocycles. The van der Waals surface area contributed by atoms with Crippen LogP contribution in [0, 0.1) is 12.7 Å². The molecule has 3 aromatic rings. The molecule has 7 heteroatoms. The van der Waals surface area contributed by atoms with Gasteiger partial charge in [0.25, 0.3) is 11.8 Å². The molecule has 3 heterocycles. The molecule has 2 amide bonds. The van der Waals surface area contributed by atoms with Crippen LogP contribution in [0.3, 0.4) is 0 Å². The summed E-state index contributed by atoms with van der Waals surface area (Å²) in [6.07, 6.45) is 1.89. The minimum atomic E-state index is -0.957. The van der Waals surface area contributed by atoms with E-state index in [0.29, 0.717) is 42.0 Å². The number of fused-ring (bicyclic) bond motifs is 1. The van der Waals surface area contributed by atoms with Gasteiger partial charge in [-0.15, -0.1) is 0 Å². The quantitative estimate of drug-likeness (QED) is 0.468. The van der Waals surface area contributed by atoms with E-state index < -0.39 is 5.60 Å². The average Bonchev–Trinajstić information content (AvgIpc) is 2.95. The van der Waals surface area contributed by atoms with E-state index in [-0.39, 0.29) is 23.5 Å². The molecule has 40 heavy (non-hydrogen) atoms. The summed E-state index contributed by atoms with van der Waals surface area (Å²) in [5.74, 6) is 0.641. The van der Waals surface area contributed by atoms with Crippen LogP contribution in [0.4, 0.5) is 4.39 Å². The van der Waals surface area contributed by atoms with E-state index in [1.54, 1.807) is 13.0 Å². The van der Waals surface area contributed by atoms with Crippen molar-refractivity contribution in [2.24, 2.45) is 0 Å². The maximum atomic E-state index is 13.8. The molecule has 6 rings (SSSR count). The SMILES string of the molecule is Cc1cc(-c2cccc(C(=O)N3CCCC(c4cccc(OC(C)(C)C(=O)N5CC6NC[C@H]65)c4)C3)c2)ccc1F. The summed E-state index contributed by atoms with van der Waals surface area (Å²) in [5.41, 5.74) is 3.15. The number of hydrogen-bond acceptors (Lipinski definition) is 4. The molecule has 0 spiro atoms. The number of hydrogen-bond donors (Lipinski definition) is 1. The second-order valence-electron chi connectivity index (χ2n) is 11.9. The zero-order valence-electron chi connectivity index (χ0n) is 23.3. The zero-order chi connectivity index (χ0) is 28.0. The van der Waals surface area contributed by atoms with Gasteiger partial charge in [0.05, 0.1) is 6.04 Å². The number of benzene rings is 3. The van der Waals surface area contributed by atoms with Gasteiger partial charge < -0.3 is 19.9 Å². The Bertz CT molecular complexity index is 1450. The van der Waals surface area contributed by atoms with Crippen LogP contribution in [0.1, 0.15) is 54.1 Å². The van der Waals surface area contributed by atoms with Crippen LogP contribution in [0.15, 0.2) is 66.7 Å². The minimum absolute atomic E-state index is 0.00264. The molecule has 1 N–H and O–H groups in total. The molecule has 3 aromatic carbocycles. The van der Waals surface area contributed by atoms with Crippen LogP contribution in [-0.2, 0) is 4.79 Å². The van der Waals surface area contributed by atoms with Gasteiger partial charge in [0.15, 0.2) is 5.60 Å². The molecule has 0 saturated carbocycles. The third kappa shape index (κ3) is 4.99. The topological polar surface area (TPSA) is 61.9 Å². The van der Waals surface area contributed by atoms with Crippen LogP contribution in [0.5, 0.6) is 5.75 Å². The van der Waals surface area contributed by atoms with E-state index in [4.69, 9.17) is 4.74 Å². The summed E-state index contributed by atoms with van der Waals surface area (Å²) >= 11 is 0. The van der Waals surface area contributed by atoms with Crippen molar-refractivity contribution < 1.29 is 18.7 Å². The second-order valence-corrected chi connectivity index (χ2v) is 11.9. The highest BCUT2D eigenvalue weighted by atomic mass is 19.1. The summed E-state index contributed by atoms with van der Waals surface area (Å²) in [5, 5.41) is 3.34. The van der Waals surface area contributed by atoms with E-state index in [9.17, 15) is 14.0 Å². The predicted molar refractivity (Wildman–Crippen MR) is 153 cm³/mol. The van der Waals surface area contributed by atoms with Gasteiger partial charge in [0, 0.05) is 43.7 Å².